The standard InChI is InChI=1S/C24H34Cl2O2/c1-16-14-19(8-12-23(16,25)27)22(10-6-18(7-11-22)21(3,4)5)20-9-13-24(26,28)17(2)15-20/h8-9,12-18,27-28H,6-7,10-11H2,1-5H3. The molecule has 0 aromatic rings. The minimum Gasteiger partial charge on any atom is -0.371 e. The van der Waals surface area contributed by atoms with Crippen molar-refractivity contribution in [2.24, 2.45) is 28.6 Å². The van der Waals surface area contributed by atoms with E-state index < -0.39 is 10.1 Å². The topological polar surface area (TPSA) is 40.5 Å². The lowest BCUT2D eigenvalue weighted by Gasteiger charge is -2.48. The second kappa shape index (κ2) is 7.30. The van der Waals surface area contributed by atoms with E-state index in [1.807, 2.05) is 26.0 Å². The Balaban J connectivity index is 2.00. The fourth-order valence-corrected chi connectivity index (χ4v) is 5.21. The van der Waals surface area contributed by atoms with Gasteiger partial charge in [0.15, 0.2) is 10.1 Å². The Kier molecular flexibility index (Phi) is 5.78. The molecule has 0 bridgehead atoms. The average Bonchev–Trinajstić information content (AvgIpc) is 2.59. The molecule has 0 radical (unpaired) electrons. The summed E-state index contributed by atoms with van der Waals surface area (Å²) in [6, 6.07) is 0. The number of allylic oxidation sites excluding steroid dienone is 4. The second-order valence-corrected chi connectivity index (χ2v) is 11.4. The first-order valence-electron chi connectivity index (χ1n) is 10.4. The van der Waals surface area contributed by atoms with Gasteiger partial charge in [-0.1, -0.05) is 82.1 Å². The number of hydrogen-bond acceptors (Lipinski definition) is 2. The Bertz CT molecular complexity index is 678. The van der Waals surface area contributed by atoms with Crippen LogP contribution in [-0.2, 0) is 0 Å². The van der Waals surface area contributed by atoms with Gasteiger partial charge in [-0.2, -0.15) is 0 Å². The molecule has 2 N–H and O–H groups in total. The normalized spacial score (nSPS) is 44.2. The van der Waals surface area contributed by atoms with Crippen molar-refractivity contribution in [2.75, 3.05) is 0 Å². The van der Waals surface area contributed by atoms with Crippen LogP contribution in [0.25, 0.3) is 0 Å². The number of rotatable bonds is 2. The van der Waals surface area contributed by atoms with Crippen LogP contribution < -0.4 is 0 Å². The number of hydrogen-bond donors (Lipinski definition) is 2. The first-order valence-corrected chi connectivity index (χ1v) is 11.2. The van der Waals surface area contributed by atoms with Crippen LogP contribution >= 0.6 is 23.2 Å². The summed E-state index contributed by atoms with van der Waals surface area (Å²) in [4.78, 5) is 0. The lowest BCUT2D eigenvalue weighted by Crippen LogP contribution is -2.39. The van der Waals surface area contributed by atoms with Crippen molar-refractivity contribution in [3.8, 4) is 0 Å². The van der Waals surface area contributed by atoms with Crippen molar-refractivity contribution < 1.29 is 10.2 Å². The molecule has 0 heterocycles. The summed E-state index contributed by atoms with van der Waals surface area (Å²) in [7, 11) is 0. The van der Waals surface area contributed by atoms with E-state index in [4.69, 9.17) is 23.2 Å². The van der Waals surface area contributed by atoms with Gasteiger partial charge >= 0.3 is 0 Å². The van der Waals surface area contributed by atoms with Gasteiger partial charge in [-0.05, 0) is 60.3 Å². The number of alkyl halides is 2. The largest absolute Gasteiger partial charge is 0.371 e. The van der Waals surface area contributed by atoms with Crippen molar-refractivity contribution in [3.63, 3.8) is 0 Å². The zero-order valence-electron chi connectivity index (χ0n) is 17.7. The van der Waals surface area contributed by atoms with E-state index in [1.165, 1.54) is 11.1 Å². The van der Waals surface area contributed by atoms with Gasteiger partial charge in [0.1, 0.15) is 0 Å². The molecule has 4 unspecified atom stereocenters. The first-order chi connectivity index (χ1) is 12.8. The van der Waals surface area contributed by atoms with E-state index >= 15 is 0 Å². The average molecular weight is 425 g/mol. The molecule has 1 saturated carbocycles. The summed E-state index contributed by atoms with van der Waals surface area (Å²) < 4.78 is 0. The molecule has 0 aliphatic heterocycles. The number of halogens is 2. The van der Waals surface area contributed by atoms with Gasteiger partial charge in [0.05, 0.1) is 0 Å². The van der Waals surface area contributed by atoms with Crippen molar-refractivity contribution in [2.45, 2.75) is 70.4 Å². The third-order valence-corrected chi connectivity index (χ3v) is 8.24. The quantitative estimate of drug-likeness (QED) is 0.508. The van der Waals surface area contributed by atoms with E-state index in [9.17, 15) is 10.2 Å². The highest BCUT2D eigenvalue weighted by molar-refractivity contribution is 6.24. The van der Waals surface area contributed by atoms with Crippen LogP contribution in [0.5, 0.6) is 0 Å². The maximum atomic E-state index is 10.4. The number of aliphatic hydroxyl groups is 2. The smallest absolute Gasteiger partial charge is 0.163 e. The molecular weight excluding hydrogens is 391 g/mol. The molecule has 2 nitrogen and oxygen atoms in total. The van der Waals surface area contributed by atoms with Crippen LogP contribution in [0.2, 0.25) is 0 Å². The van der Waals surface area contributed by atoms with Crippen molar-refractivity contribution in [1.29, 1.82) is 0 Å². The molecule has 4 atom stereocenters. The van der Waals surface area contributed by atoms with Crippen molar-refractivity contribution in [3.05, 3.63) is 47.6 Å². The Morgan fingerprint density at radius 1 is 0.857 bits per heavy atom. The molecule has 28 heavy (non-hydrogen) atoms. The molecular formula is C24H34Cl2O2. The van der Waals surface area contributed by atoms with Crippen LogP contribution in [0.15, 0.2) is 47.6 Å². The fourth-order valence-electron chi connectivity index (χ4n) is 4.96. The molecule has 0 saturated heterocycles. The van der Waals surface area contributed by atoms with Crippen LogP contribution in [0.3, 0.4) is 0 Å². The third-order valence-electron chi connectivity index (χ3n) is 7.30. The zero-order chi connectivity index (χ0) is 21.0. The molecule has 1 fully saturated rings. The monoisotopic (exact) mass is 424 g/mol. The maximum absolute atomic E-state index is 10.4. The third kappa shape index (κ3) is 4.03. The summed E-state index contributed by atoms with van der Waals surface area (Å²) in [5.74, 6) is 0.357. The highest BCUT2D eigenvalue weighted by Gasteiger charge is 2.46. The van der Waals surface area contributed by atoms with Crippen molar-refractivity contribution >= 4 is 23.2 Å². The lowest BCUT2D eigenvalue weighted by molar-refractivity contribution is 0.118. The van der Waals surface area contributed by atoms with Gasteiger partial charge in [0, 0.05) is 17.3 Å². The van der Waals surface area contributed by atoms with Gasteiger partial charge in [0.2, 0.25) is 0 Å². The van der Waals surface area contributed by atoms with E-state index in [-0.39, 0.29) is 17.3 Å². The Morgan fingerprint density at radius 3 is 1.57 bits per heavy atom. The van der Waals surface area contributed by atoms with Gasteiger partial charge in [-0.15, -0.1) is 0 Å². The minimum atomic E-state index is -1.33. The fraction of sp³-hybridized carbons (Fsp3) is 0.667. The second-order valence-electron chi connectivity index (χ2n) is 10.2. The maximum Gasteiger partial charge on any atom is 0.163 e. The van der Waals surface area contributed by atoms with Gasteiger partial charge in [-0.25, -0.2) is 0 Å². The minimum absolute atomic E-state index is 0.127. The summed E-state index contributed by atoms with van der Waals surface area (Å²) in [6.07, 6.45) is 16.1. The van der Waals surface area contributed by atoms with E-state index in [1.54, 1.807) is 12.2 Å². The molecule has 3 rings (SSSR count). The summed E-state index contributed by atoms with van der Waals surface area (Å²) in [5, 5.41) is 18.1. The molecule has 3 aliphatic rings. The first kappa shape index (κ1) is 22.2. The molecule has 4 heteroatoms. The predicted octanol–water partition coefficient (Wildman–Crippen LogP) is 6.33. The Morgan fingerprint density at radius 2 is 1.25 bits per heavy atom. The van der Waals surface area contributed by atoms with Crippen LogP contribution in [0, 0.1) is 28.6 Å². The molecule has 0 aromatic heterocycles. The van der Waals surface area contributed by atoms with Crippen LogP contribution in [-0.4, -0.2) is 20.3 Å². The molecule has 156 valence electrons. The highest BCUT2D eigenvalue weighted by atomic mass is 35.5. The lowest BCUT2D eigenvalue weighted by atomic mass is 9.57. The van der Waals surface area contributed by atoms with Crippen LogP contribution in [0.1, 0.15) is 60.3 Å². The van der Waals surface area contributed by atoms with Gasteiger partial charge in [0.25, 0.3) is 0 Å². The van der Waals surface area contributed by atoms with Gasteiger partial charge < -0.3 is 10.2 Å². The van der Waals surface area contributed by atoms with E-state index in [0.717, 1.165) is 25.7 Å². The van der Waals surface area contributed by atoms with Gasteiger partial charge in [-0.3, -0.25) is 0 Å². The Labute approximate surface area is 180 Å². The molecule has 0 spiro atoms. The summed E-state index contributed by atoms with van der Waals surface area (Å²) >= 11 is 12.5. The molecule has 0 aromatic carbocycles. The molecule has 3 aliphatic carbocycles. The Hall–Kier alpha value is -0.540. The predicted molar refractivity (Wildman–Crippen MR) is 118 cm³/mol. The SMILES string of the molecule is CC1C=C(C2(C3=CC(C)C(O)(Cl)C=C3)CCC(C(C)(C)C)CC2)C=CC1(O)Cl. The molecule has 0 amide bonds. The van der Waals surface area contributed by atoms with Crippen molar-refractivity contribution in [1.82, 2.24) is 0 Å². The van der Waals surface area contributed by atoms with E-state index in [2.05, 4.69) is 32.9 Å². The summed E-state index contributed by atoms with van der Waals surface area (Å²) in [5.41, 5.74) is 2.62. The zero-order valence-corrected chi connectivity index (χ0v) is 19.2. The summed E-state index contributed by atoms with van der Waals surface area (Å²) in [6.45, 7) is 10.9. The highest BCUT2D eigenvalue weighted by Crippen LogP contribution is 2.56. The van der Waals surface area contributed by atoms with Crippen LogP contribution in [0.4, 0.5) is 0 Å². The van der Waals surface area contributed by atoms with E-state index in [0.29, 0.717) is 11.3 Å².